The topological polar surface area (TPSA) is 129 Å². The molecule has 48 heavy (non-hydrogen) atoms. The van der Waals surface area contributed by atoms with E-state index >= 15 is 0 Å². The van der Waals surface area contributed by atoms with E-state index in [1.165, 1.54) is 18.1 Å². The van der Waals surface area contributed by atoms with E-state index in [9.17, 15) is 24.3 Å². The maximum absolute atomic E-state index is 14.2. The van der Waals surface area contributed by atoms with Gasteiger partial charge in [0.2, 0.25) is 11.8 Å². The Morgan fingerprint density at radius 1 is 0.875 bits per heavy atom. The van der Waals surface area contributed by atoms with Crippen LogP contribution in [0.2, 0.25) is 0 Å². The van der Waals surface area contributed by atoms with Crippen LogP contribution in [0, 0.1) is 17.8 Å². The van der Waals surface area contributed by atoms with E-state index in [1.807, 2.05) is 49.3 Å². The van der Waals surface area contributed by atoms with Gasteiger partial charge in [0.05, 0.1) is 36.0 Å². The van der Waals surface area contributed by atoms with Crippen molar-refractivity contribution in [3.8, 4) is 11.5 Å². The third kappa shape index (κ3) is 4.95. The van der Waals surface area contributed by atoms with Crippen molar-refractivity contribution >= 4 is 46.1 Å². The number of ketones is 2. The maximum Gasteiger partial charge on any atom is 0.238 e. The molecular weight excluding hydrogens is 608 g/mol. The van der Waals surface area contributed by atoms with Gasteiger partial charge in [-0.05, 0) is 86.4 Å². The number of methoxy groups -OCH3 is 1. The number of anilines is 2. The first-order chi connectivity index (χ1) is 23.1. The fourth-order valence-electron chi connectivity index (χ4n) is 7.51. The Morgan fingerprint density at radius 3 is 2.19 bits per heavy atom. The highest BCUT2D eigenvalue weighted by Crippen LogP contribution is 2.57. The predicted octanol–water partition coefficient (Wildman–Crippen LogP) is 6.52. The van der Waals surface area contributed by atoms with Crippen LogP contribution >= 0.6 is 0 Å². The Hall–Kier alpha value is -5.64. The lowest BCUT2D eigenvalue weighted by atomic mass is 9.59. The normalized spacial score (nSPS) is 23.5. The van der Waals surface area contributed by atoms with Gasteiger partial charge in [-0.15, -0.1) is 0 Å². The number of benzene rings is 3. The molecule has 10 heteroatoms. The van der Waals surface area contributed by atoms with Gasteiger partial charge in [-0.2, -0.15) is 10.2 Å². The number of allylic oxidation sites excluding steroid dienone is 6. The van der Waals surface area contributed by atoms with Gasteiger partial charge < -0.3 is 14.7 Å². The average molecular weight is 643 g/mol. The zero-order valence-electron chi connectivity index (χ0n) is 27.0. The lowest BCUT2D eigenvalue weighted by Crippen LogP contribution is -2.39. The summed E-state index contributed by atoms with van der Waals surface area (Å²) in [6.45, 7) is 1.61. The monoisotopic (exact) mass is 642 g/mol. The molecule has 7 rings (SSSR count). The summed E-state index contributed by atoms with van der Waals surface area (Å²) >= 11 is 0. The Kier molecular flexibility index (Phi) is 7.66. The molecule has 1 saturated heterocycles. The number of hydrogen-bond acceptors (Lipinski definition) is 9. The molecule has 3 aromatic carbocycles. The number of phenols is 1. The van der Waals surface area contributed by atoms with Gasteiger partial charge in [-0.25, -0.2) is 0 Å². The van der Waals surface area contributed by atoms with Crippen LogP contribution in [0.4, 0.5) is 22.7 Å². The number of ether oxygens (including phenoxy) is 1. The van der Waals surface area contributed by atoms with Crippen molar-refractivity contribution in [2.24, 2.45) is 28.0 Å². The summed E-state index contributed by atoms with van der Waals surface area (Å²) < 4.78 is 5.37. The van der Waals surface area contributed by atoms with E-state index in [-0.39, 0.29) is 47.7 Å². The quantitative estimate of drug-likeness (QED) is 0.140. The maximum atomic E-state index is 14.2. The number of nitrogens with zero attached hydrogens (tertiary/aromatic N) is 4. The van der Waals surface area contributed by atoms with E-state index < -0.39 is 23.7 Å². The molecule has 3 aromatic rings. The molecule has 0 spiro atoms. The van der Waals surface area contributed by atoms with Crippen molar-refractivity contribution in [3.05, 3.63) is 107 Å². The third-order valence-corrected chi connectivity index (χ3v) is 9.88. The number of carbonyl (C=O) groups excluding carboxylic acids is 4. The molecule has 0 saturated carbocycles. The molecule has 1 N–H and O–H groups in total. The van der Waals surface area contributed by atoms with Crippen LogP contribution in [0.1, 0.15) is 31.2 Å². The number of para-hydroxylation sites is 1. The highest BCUT2D eigenvalue weighted by molar-refractivity contribution is 6.25. The Balaban J connectivity index is 1.20. The van der Waals surface area contributed by atoms with Gasteiger partial charge >= 0.3 is 0 Å². The second-order valence-corrected chi connectivity index (χ2v) is 12.8. The first-order valence-corrected chi connectivity index (χ1v) is 15.8. The van der Waals surface area contributed by atoms with Crippen molar-refractivity contribution in [1.82, 2.24) is 0 Å². The van der Waals surface area contributed by atoms with Gasteiger partial charge in [0.25, 0.3) is 0 Å². The summed E-state index contributed by atoms with van der Waals surface area (Å²) in [5.41, 5.74) is 4.86. The standard InChI is InChI=1S/C38H34N4O6/c1-20-18-30(43)29-19-28-25(32(34(29)35(20)44)26-6-5-7-31(48-4)36(26)45)16-17-27-33(28)38(47)42(37(27)46)24-14-10-22(11-15-24)40-39-21-8-12-23(13-9-21)41(2)3/h5-16,18,27-28,32-33,45H,17,19H2,1-4H3. The molecule has 1 aliphatic heterocycles. The molecule has 3 aliphatic carbocycles. The minimum Gasteiger partial charge on any atom is -0.504 e. The fraction of sp³-hybridized carbons (Fsp3) is 0.263. The number of azo groups is 1. The molecule has 0 radical (unpaired) electrons. The summed E-state index contributed by atoms with van der Waals surface area (Å²) in [5.74, 6) is -3.76. The summed E-state index contributed by atoms with van der Waals surface area (Å²) in [6, 6.07) is 19.5. The van der Waals surface area contributed by atoms with Crippen molar-refractivity contribution in [2.75, 3.05) is 31.0 Å². The van der Waals surface area contributed by atoms with E-state index in [0.717, 1.165) is 11.3 Å². The van der Waals surface area contributed by atoms with Crippen molar-refractivity contribution < 1.29 is 29.0 Å². The molecular formula is C38H34N4O6. The fourth-order valence-corrected chi connectivity index (χ4v) is 7.51. The van der Waals surface area contributed by atoms with Crippen LogP contribution < -0.4 is 14.5 Å². The van der Waals surface area contributed by atoms with Crippen LogP contribution in [0.15, 0.2) is 111 Å². The molecule has 4 aliphatic rings. The number of rotatable bonds is 6. The Morgan fingerprint density at radius 2 is 1.54 bits per heavy atom. The van der Waals surface area contributed by atoms with Gasteiger partial charge in [0.1, 0.15) is 0 Å². The lowest BCUT2D eigenvalue weighted by Gasteiger charge is -2.42. The highest BCUT2D eigenvalue weighted by Gasteiger charge is 2.56. The van der Waals surface area contributed by atoms with Crippen LogP contribution in [0.5, 0.6) is 11.5 Å². The van der Waals surface area contributed by atoms with Crippen LogP contribution in [-0.4, -0.2) is 49.7 Å². The number of Topliss-reactive ketones (excluding diaryl/α,β-unsaturated/α-hetero) is 1. The lowest BCUT2D eigenvalue weighted by molar-refractivity contribution is -0.123. The number of amides is 2. The Bertz CT molecular complexity index is 2010. The van der Waals surface area contributed by atoms with E-state index in [0.29, 0.717) is 39.3 Å². The molecule has 4 atom stereocenters. The van der Waals surface area contributed by atoms with Crippen molar-refractivity contribution in [2.45, 2.75) is 25.7 Å². The summed E-state index contributed by atoms with van der Waals surface area (Å²) in [7, 11) is 5.37. The van der Waals surface area contributed by atoms with Crippen molar-refractivity contribution in [3.63, 3.8) is 0 Å². The third-order valence-electron chi connectivity index (χ3n) is 9.88. The second kappa shape index (κ2) is 11.9. The molecule has 0 bridgehead atoms. The SMILES string of the molecule is COc1cccc(C2C3=CCC4C(=O)N(c5ccc(N=Nc6ccc(N(C)C)cc6)cc5)C(=O)C4C3CC3=C2C(=O)C(C)=CC3=O)c1O. The Labute approximate surface area is 277 Å². The summed E-state index contributed by atoms with van der Waals surface area (Å²) in [5, 5.41) is 19.9. The molecule has 242 valence electrons. The van der Waals surface area contributed by atoms with Gasteiger partial charge in [0.15, 0.2) is 23.1 Å². The molecule has 4 unspecified atom stereocenters. The number of carbonyl (C=O) groups is 4. The first-order valence-electron chi connectivity index (χ1n) is 15.8. The summed E-state index contributed by atoms with van der Waals surface area (Å²) in [4.78, 5) is 58.4. The number of phenolic OH excluding ortho intramolecular Hbond substituents is 1. The number of hydrogen-bond donors (Lipinski definition) is 1. The molecule has 2 amide bonds. The molecule has 0 aromatic heterocycles. The smallest absolute Gasteiger partial charge is 0.238 e. The van der Waals surface area contributed by atoms with Crippen LogP contribution in [0.3, 0.4) is 0 Å². The molecule has 1 fully saturated rings. The highest BCUT2D eigenvalue weighted by atomic mass is 16.5. The van der Waals surface area contributed by atoms with Gasteiger partial charge in [-0.1, -0.05) is 23.8 Å². The first kappa shape index (κ1) is 31.0. The predicted molar refractivity (Wildman–Crippen MR) is 180 cm³/mol. The number of aromatic hydroxyl groups is 1. The minimum atomic E-state index is -0.768. The van der Waals surface area contributed by atoms with E-state index in [4.69, 9.17) is 4.74 Å². The molecule has 10 nitrogen and oxygen atoms in total. The van der Waals surface area contributed by atoms with Gasteiger partial charge in [-0.3, -0.25) is 24.1 Å². The van der Waals surface area contributed by atoms with Gasteiger partial charge in [0, 0.05) is 48.0 Å². The van der Waals surface area contributed by atoms with Crippen LogP contribution in [-0.2, 0) is 19.2 Å². The number of fused-ring (bicyclic) bond motifs is 3. The number of imide groups is 1. The summed E-state index contributed by atoms with van der Waals surface area (Å²) in [6.07, 6.45) is 3.70. The average Bonchev–Trinajstić information content (AvgIpc) is 3.35. The van der Waals surface area contributed by atoms with E-state index in [1.54, 1.807) is 49.4 Å². The van der Waals surface area contributed by atoms with Crippen molar-refractivity contribution in [1.29, 1.82) is 0 Å². The van der Waals surface area contributed by atoms with Crippen LogP contribution in [0.25, 0.3) is 0 Å². The zero-order valence-corrected chi connectivity index (χ0v) is 27.0. The second-order valence-electron chi connectivity index (χ2n) is 12.8. The molecule has 1 heterocycles. The minimum absolute atomic E-state index is 0.133. The zero-order chi connectivity index (χ0) is 33.9. The van der Waals surface area contributed by atoms with E-state index in [2.05, 4.69) is 10.2 Å². The largest absolute Gasteiger partial charge is 0.504 e.